The molecule has 0 radical (unpaired) electrons. The molecule has 2 rings (SSSR count). The van der Waals surface area contributed by atoms with Gasteiger partial charge in [0.15, 0.2) is 0 Å². The zero-order valence-corrected chi connectivity index (χ0v) is 16.4. The van der Waals surface area contributed by atoms with Crippen LogP contribution in [-0.2, 0) is 22.6 Å². The molecule has 6 heteroatoms. The predicted molar refractivity (Wildman–Crippen MR) is 110 cm³/mol. The Kier molecular flexibility index (Phi) is 8.21. The minimum absolute atomic E-state index is 0.303. The highest BCUT2D eigenvalue weighted by Crippen LogP contribution is 2.15. The minimum Gasteiger partial charge on any atom is -0.348 e. The summed E-state index contributed by atoms with van der Waals surface area (Å²) >= 11 is 0. The Balaban J connectivity index is 1.98. The maximum atomic E-state index is 12.6. The summed E-state index contributed by atoms with van der Waals surface area (Å²) < 4.78 is 0. The molecule has 0 aliphatic carbocycles. The zero-order chi connectivity index (χ0) is 20.4. The third-order valence-corrected chi connectivity index (χ3v) is 4.33. The van der Waals surface area contributed by atoms with Crippen molar-refractivity contribution in [3.63, 3.8) is 0 Å². The van der Waals surface area contributed by atoms with Gasteiger partial charge in [-0.3, -0.25) is 14.4 Å². The van der Waals surface area contributed by atoms with Gasteiger partial charge in [0.25, 0.3) is 5.91 Å². The fraction of sp³-hybridized carbons (Fsp3) is 0.318. The van der Waals surface area contributed by atoms with Gasteiger partial charge in [-0.25, -0.2) is 0 Å². The van der Waals surface area contributed by atoms with Gasteiger partial charge in [-0.15, -0.1) is 0 Å². The van der Waals surface area contributed by atoms with Gasteiger partial charge in [0.05, 0.1) is 11.3 Å². The molecule has 28 heavy (non-hydrogen) atoms. The molecule has 2 aromatic rings. The number of benzene rings is 2. The molecule has 0 aromatic heterocycles. The van der Waals surface area contributed by atoms with E-state index in [1.54, 1.807) is 24.3 Å². The average Bonchev–Trinajstić information content (AvgIpc) is 2.72. The van der Waals surface area contributed by atoms with Gasteiger partial charge < -0.3 is 16.0 Å². The topological polar surface area (TPSA) is 87.3 Å². The number of rotatable bonds is 8. The molecular formula is C22H27N3O3. The van der Waals surface area contributed by atoms with E-state index in [0.717, 1.165) is 24.8 Å². The zero-order valence-electron chi connectivity index (χ0n) is 16.4. The van der Waals surface area contributed by atoms with Crippen molar-refractivity contribution in [3.05, 3.63) is 65.2 Å². The molecule has 0 atom stereocenters. The van der Waals surface area contributed by atoms with Gasteiger partial charge in [0.1, 0.15) is 0 Å². The summed E-state index contributed by atoms with van der Waals surface area (Å²) in [7, 11) is 0. The molecule has 0 bridgehead atoms. The average molecular weight is 381 g/mol. The van der Waals surface area contributed by atoms with Gasteiger partial charge in [0.2, 0.25) is 0 Å². The largest absolute Gasteiger partial charge is 0.348 e. The molecule has 0 aliphatic rings. The van der Waals surface area contributed by atoms with Crippen LogP contribution in [0.1, 0.15) is 48.2 Å². The van der Waals surface area contributed by atoms with E-state index in [2.05, 4.69) is 22.9 Å². The first-order valence-electron chi connectivity index (χ1n) is 9.59. The molecule has 0 aliphatic heterocycles. The fourth-order valence-corrected chi connectivity index (χ4v) is 2.60. The van der Waals surface area contributed by atoms with Crippen molar-refractivity contribution in [2.45, 2.75) is 39.7 Å². The highest BCUT2D eigenvalue weighted by molar-refractivity contribution is 6.40. The van der Waals surface area contributed by atoms with E-state index in [1.165, 1.54) is 5.56 Å². The van der Waals surface area contributed by atoms with Crippen molar-refractivity contribution in [1.82, 2.24) is 10.6 Å². The summed E-state index contributed by atoms with van der Waals surface area (Å²) in [5.41, 5.74) is 2.84. The summed E-state index contributed by atoms with van der Waals surface area (Å²) in [6.45, 7) is 4.91. The van der Waals surface area contributed by atoms with E-state index >= 15 is 0 Å². The van der Waals surface area contributed by atoms with Gasteiger partial charge in [0, 0.05) is 13.1 Å². The van der Waals surface area contributed by atoms with E-state index in [0.29, 0.717) is 24.3 Å². The summed E-state index contributed by atoms with van der Waals surface area (Å²) in [6.07, 6.45) is 2.69. The van der Waals surface area contributed by atoms with Gasteiger partial charge in [-0.2, -0.15) is 0 Å². The number of carbonyl (C=O) groups is 3. The van der Waals surface area contributed by atoms with Crippen molar-refractivity contribution in [1.29, 1.82) is 0 Å². The molecule has 0 fully saturated rings. The maximum Gasteiger partial charge on any atom is 0.313 e. The molecular weight excluding hydrogens is 354 g/mol. The Morgan fingerprint density at radius 1 is 0.821 bits per heavy atom. The lowest BCUT2D eigenvalue weighted by Gasteiger charge is -2.12. The maximum absolute atomic E-state index is 12.6. The lowest BCUT2D eigenvalue weighted by atomic mass is 10.1. The third-order valence-electron chi connectivity index (χ3n) is 4.33. The molecule has 2 aromatic carbocycles. The molecule has 148 valence electrons. The van der Waals surface area contributed by atoms with Crippen molar-refractivity contribution in [3.8, 4) is 0 Å². The SMILES string of the molecule is CCCCNC(=O)C(=O)Nc1ccccc1C(=O)NCc1ccc(CC)cc1. The van der Waals surface area contributed by atoms with E-state index < -0.39 is 11.8 Å². The molecule has 0 saturated heterocycles. The van der Waals surface area contributed by atoms with E-state index in [9.17, 15) is 14.4 Å². The Bertz CT molecular complexity index is 816. The van der Waals surface area contributed by atoms with Crippen LogP contribution in [0.4, 0.5) is 5.69 Å². The number of amides is 3. The number of nitrogens with one attached hydrogen (secondary N) is 3. The Labute approximate surface area is 165 Å². The number of hydrogen-bond donors (Lipinski definition) is 3. The lowest BCUT2D eigenvalue weighted by molar-refractivity contribution is -0.136. The van der Waals surface area contributed by atoms with E-state index in [4.69, 9.17) is 0 Å². The van der Waals surface area contributed by atoms with Crippen LogP contribution in [0.25, 0.3) is 0 Å². The van der Waals surface area contributed by atoms with Crippen LogP contribution < -0.4 is 16.0 Å². The second-order valence-corrected chi connectivity index (χ2v) is 6.46. The highest BCUT2D eigenvalue weighted by atomic mass is 16.2. The van der Waals surface area contributed by atoms with Crippen LogP contribution in [-0.4, -0.2) is 24.3 Å². The molecule has 6 nitrogen and oxygen atoms in total. The number of para-hydroxylation sites is 1. The van der Waals surface area contributed by atoms with E-state index in [-0.39, 0.29) is 5.91 Å². The summed E-state index contributed by atoms with van der Waals surface area (Å²) in [5, 5.41) is 7.92. The first kappa shape index (κ1) is 21.2. The van der Waals surface area contributed by atoms with Crippen LogP contribution >= 0.6 is 0 Å². The minimum atomic E-state index is -0.786. The normalized spacial score (nSPS) is 10.2. The molecule has 0 spiro atoms. The summed E-state index contributed by atoms with van der Waals surface area (Å²) in [6, 6.07) is 14.6. The van der Waals surface area contributed by atoms with Gasteiger partial charge in [-0.05, 0) is 36.1 Å². The van der Waals surface area contributed by atoms with E-state index in [1.807, 2.05) is 31.2 Å². The summed E-state index contributed by atoms with van der Waals surface area (Å²) in [5.74, 6) is -1.81. The molecule has 3 N–H and O–H groups in total. The van der Waals surface area contributed by atoms with Crippen LogP contribution in [0.2, 0.25) is 0 Å². The first-order valence-corrected chi connectivity index (χ1v) is 9.59. The molecule has 0 saturated carbocycles. The number of unbranched alkanes of at least 4 members (excludes halogenated alkanes) is 1. The van der Waals surface area contributed by atoms with Crippen molar-refractivity contribution in [2.75, 3.05) is 11.9 Å². The first-order chi connectivity index (χ1) is 13.5. The van der Waals surface area contributed by atoms with Crippen molar-refractivity contribution in [2.24, 2.45) is 0 Å². The van der Waals surface area contributed by atoms with Crippen LogP contribution in [0.3, 0.4) is 0 Å². The van der Waals surface area contributed by atoms with Crippen LogP contribution in [0.5, 0.6) is 0 Å². The van der Waals surface area contributed by atoms with Crippen molar-refractivity contribution >= 4 is 23.4 Å². The monoisotopic (exact) mass is 381 g/mol. The predicted octanol–water partition coefficient (Wildman–Crippen LogP) is 3.03. The molecule has 3 amide bonds. The van der Waals surface area contributed by atoms with Crippen molar-refractivity contribution < 1.29 is 14.4 Å². The van der Waals surface area contributed by atoms with Crippen LogP contribution in [0, 0.1) is 0 Å². The number of carbonyl (C=O) groups excluding carboxylic acids is 3. The number of anilines is 1. The molecule has 0 heterocycles. The summed E-state index contributed by atoms with van der Waals surface area (Å²) in [4.78, 5) is 36.5. The van der Waals surface area contributed by atoms with Crippen LogP contribution in [0.15, 0.2) is 48.5 Å². The Hall–Kier alpha value is -3.15. The molecule has 0 unspecified atom stereocenters. The van der Waals surface area contributed by atoms with Gasteiger partial charge >= 0.3 is 11.8 Å². The lowest BCUT2D eigenvalue weighted by Crippen LogP contribution is -2.36. The second-order valence-electron chi connectivity index (χ2n) is 6.46. The number of hydrogen-bond acceptors (Lipinski definition) is 3. The Morgan fingerprint density at radius 3 is 2.18 bits per heavy atom. The quantitative estimate of drug-likeness (QED) is 0.485. The standard InChI is InChI=1S/C22H27N3O3/c1-3-5-14-23-21(27)22(28)25-19-9-7-6-8-18(19)20(26)24-15-17-12-10-16(4-2)11-13-17/h6-13H,3-5,14-15H2,1-2H3,(H,23,27)(H,24,26)(H,25,28). The third kappa shape index (κ3) is 6.23. The smallest absolute Gasteiger partial charge is 0.313 e. The fourth-order valence-electron chi connectivity index (χ4n) is 2.60. The highest BCUT2D eigenvalue weighted by Gasteiger charge is 2.17. The number of aryl methyl sites for hydroxylation is 1. The second kappa shape index (κ2) is 10.9. The van der Waals surface area contributed by atoms with Gasteiger partial charge in [-0.1, -0.05) is 56.7 Å². The Morgan fingerprint density at radius 2 is 1.50 bits per heavy atom.